The molecule has 2 N–H and O–H groups in total. The van der Waals surface area contributed by atoms with Crippen molar-refractivity contribution in [2.45, 2.75) is 31.6 Å². The van der Waals surface area contributed by atoms with Crippen LogP contribution in [0.25, 0.3) is 0 Å². The number of likely N-dealkylation sites (tertiary alicyclic amines) is 1. The Morgan fingerprint density at radius 2 is 1.73 bits per heavy atom. The second kappa shape index (κ2) is 3.40. The van der Waals surface area contributed by atoms with Gasteiger partial charge in [0.2, 0.25) is 5.91 Å². The first kappa shape index (κ1) is 10.8. The van der Waals surface area contributed by atoms with Crippen molar-refractivity contribution in [2.24, 2.45) is 11.1 Å². The Bertz CT molecular complexity index is 267. The van der Waals surface area contributed by atoms with E-state index in [4.69, 9.17) is 5.73 Å². The average Bonchev–Trinajstić information content (AvgIpc) is 2.97. The molecule has 0 spiro atoms. The Kier molecular flexibility index (Phi) is 2.45. The fourth-order valence-corrected chi connectivity index (χ4v) is 2.03. The molecule has 0 bridgehead atoms. The van der Waals surface area contributed by atoms with Crippen molar-refractivity contribution in [3.05, 3.63) is 0 Å². The zero-order valence-corrected chi connectivity index (χ0v) is 8.64. The highest BCUT2D eigenvalue weighted by Gasteiger charge is 2.51. The Labute approximate surface area is 87.6 Å². The third-order valence-corrected chi connectivity index (χ3v) is 3.48. The lowest BCUT2D eigenvalue weighted by atomic mass is 10.0. The Morgan fingerprint density at radius 1 is 1.20 bits per heavy atom. The van der Waals surface area contributed by atoms with Gasteiger partial charge in [-0.2, -0.15) is 0 Å². The molecule has 2 aliphatic rings. The molecule has 15 heavy (non-hydrogen) atoms. The quantitative estimate of drug-likeness (QED) is 0.751. The maximum atomic E-state index is 12.9. The number of alkyl halides is 2. The van der Waals surface area contributed by atoms with Crippen molar-refractivity contribution in [1.29, 1.82) is 0 Å². The van der Waals surface area contributed by atoms with Crippen LogP contribution in [0.3, 0.4) is 0 Å². The minimum Gasteiger partial charge on any atom is -0.342 e. The summed E-state index contributed by atoms with van der Waals surface area (Å²) in [5, 5.41) is 0. The highest BCUT2D eigenvalue weighted by molar-refractivity contribution is 5.85. The standard InChI is InChI=1S/C10H16F2N2O/c11-10(12)3-5-14(6-4-10)8(15)9(7-13)1-2-9/h1-7,13H2. The van der Waals surface area contributed by atoms with E-state index in [1.807, 2.05) is 0 Å². The number of nitrogens with zero attached hydrogens (tertiary/aromatic N) is 1. The Balaban J connectivity index is 1.94. The maximum absolute atomic E-state index is 12.9. The number of rotatable bonds is 2. The number of piperidine rings is 1. The highest BCUT2D eigenvalue weighted by atomic mass is 19.3. The number of hydrogen-bond acceptors (Lipinski definition) is 2. The minimum atomic E-state index is -2.59. The van der Waals surface area contributed by atoms with Crippen LogP contribution in [-0.4, -0.2) is 36.4 Å². The lowest BCUT2D eigenvalue weighted by Gasteiger charge is -2.34. The molecule has 1 saturated heterocycles. The fraction of sp³-hybridized carbons (Fsp3) is 0.900. The minimum absolute atomic E-state index is 0.0134. The van der Waals surface area contributed by atoms with E-state index in [1.165, 1.54) is 0 Å². The third-order valence-electron chi connectivity index (χ3n) is 3.48. The molecule has 0 radical (unpaired) electrons. The monoisotopic (exact) mass is 218 g/mol. The summed E-state index contributed by atoms with van der Waals surface area (Å²) in [7, 11) is 0. The topological polar surface area (TPSA) is 46.3 Å². The van der Waals surface area contributed by atoms with Gasteiger partial charge in [-0.15, -0.1) is 0 Å². The largest absolute Gasteiger partial charge is 0.342 e. The smallest absolute Gasteiger partial charge is 0.251 e. The van der Waals surface area contributed by atoms with Crippen LogP contribution in [0.5, 0.6) is 0 Å². The number of nitrogens with two attached hydrogens (primary N) is 1. The molecule has 2 rings (SSSR count). The summed E-state index contributed by atoms with van der Waals surface area (Å²) >= 11 is 0. The molecule has 0 aromatic rings. The summed E-state index contributed by atoms with van der Waals surface area (Å²) in [6, 6.07) is 0. The molecule has 5 heteroatoms. The fourth-order valence-electron chi connectivity index (χ4n) is 2.03. The number of halogens is 2. The molecule has 2 fully saturated rings. The number of hydrogen-bond donors (Lipinski definition) is 1. The van der Waals surface area contributed by atoms with Crippen LogP contribution in [0.4, 0.5) is 8.78 Å². The van der Waals surface area contributed by atoms with Gasteiger partial charge in [-0.3, -0.25) is 4.79 Å². The molecule has 0 unspecified atom stereocenters. The summed E-state index contributed by atoms with van der Waals surface area (Å²) in [5.41, 5.74) is 5.14. The summed E-state index contributed by atoms with van der Waals surface area (Å²) in [4.78, 5) is 13.5. The van der Waals surface area contributed by atoms with Crippen LogP contribution in [0.1, 0.15) is 25.7 Å². The van der Waals surface area contributed by atoms with Crippen molar-refractivity contribution >= 4 is 5.91 Å². The van der Waals surface area contributed by atoms with Gasteiger partial charge in [-0.25, -0.2) is 8.78 Å². The Hall–Kier alpha value is -0.710. The van der Waals surface area contributed by atoms with E-state index >= 15 is 0 Å². The molecule has 0 aromatic carbocycles. The molecule has 1 heterocycles. The summed E-state index contributed by atoms with van der Waals surface area (Å²) in [6.07, 6.45) is 1.21. The van der Waals surface area contributed by atoms with Crippen molar-refractivity contribution in [3.8, 4) is 0 Å². The molecule has 0 atom stereocenters. The van der Waals surface area contributed by atoms with Crippen LogP contribution >= 0.6 is 0 Å². The summed E-state index contributed by atoms with van der Waals surface area (Å²) in [6.45, 7) is 0.694. The van der Waals surface area contributed by atoms with Gasteiger partial charge in [0, 0.05) is 32.5 Å². The van der Waals surface area contributed by atoms with Crippen molar-refractivity contribution in [1.82, 2.24) is 4.90 Å². The zero-order valence-electron chi connectivity index (χ0n) is 8.64. The molecule has 1 saturated carbocycles. The van der Waals surface area contributed by atoms with E-state index in [0.717, 1.165) is 12.8 Å². The van der Waals surface area contributed by atoms with E-state index in [-0.39, 0.29) is 31.8 Å². The second-order valence-electron chi connectivity index (χ2n) is 4.63. The van der Waals surface area contributed by atoms with Crippen molar-refractivity contribution < 1.29 is 13.6 Å². The van der Waals surface area contributed by atoms with Crippen LogP contribution < -0.4 is 5.73 Å². The van der Waals surface area contributed by atoms with Crippen molar-refractivity contribution in [2.75, 3.05) is 19.6 Å². The van der Waals surface area contributed by atoms with Crippen LogP contribution in [0.15, 0.2) is 0 Å². The first-order valence-corrected chi connectivity index (χ1v) is 5.36. The van der Waals surface area contributed by atoms with E-state index < -0.39 is 11.3 Å². The molecule has 1 aliphatic carbocycles. The van der Waals surface area contributed by atoms with Crippen molar-refractivity contribution in [3.63, 3.8) is 0 Å². The average molecular weight is 218 g/mol. The Morgan fingerprint density at radius 3 is 2.13 bits per heavy atom. The molecule has 86 valence electrons. The molecule has 1 amide bonds. The third kappa shape index (κ3) is 1.97. The van der Waals surface area contributed by atoms with Crippen LogP contribution in [-0.2, 0) is 4.79 Å². The number of amides is 1. The van der Waals surface area contributed by atoms with E-state index in [9.17, 15) is 13.6 Å². The van der Waals surface area contributed by atoms with E-state index in [1.54, 1.807) is 4.90 Å². The maximum Gasteiger partial charge on any atom is 0.251 e. The molecular formula is C10H16F2N2O. The van der Waals surface area contributed by atoms with Gasteiger partial charge in [-0.05, 0) is 12.8 Å². The van der Waals surface area contributed by atoms with Crippen LogP contribution in [0.2, 0.25) is 0 Å². The number of carbonyl (C=O) groups is 1. The molecule has 0 aromatic heterocycles. The summed E-state index contributed by atoms with van der Waals surface area (Å²) < 4.78 is 25.7. The predicted molar refractivity (Wildman–Crippen MR) is 51.5 cm³/mol. The predicted octanol–water partition coefficient (Wildman–Crippen LogP) is 0.983. The first-order valence-electron chi connectivity index (χ1n) is 5.36. The highest BCUT2D eigenvalue weighted by Crippen LogP contribution is 2.46. The first-order chi connectivity index (χ1) is 6.99. The van der Waals surface area contributed by atoms with E-state index in [2.05, 4.69) is 0 Å². The van der Waals surface area contributed by atoms with Gasteiger partial charge in [-0.1, -0.05) is 0 Å². The molecular weight excluding hydrogens is 202 g/mol. The lowest BCUT2D eigenvalue weighted by Crippen LogP contribution is -2.47. The molecule has 3 nitrogen and oxygen atoms in total. The van der Waals surface area contributed by atoms with Gasteiger partial charge in [0.25, 0.3) is 5.92 Å². The van der Waals surface area contributed by atoms with Gasteiger partial charge in [0.05, 0.1) is 5.41 Å². The zero-order chi connectivity index (χ0) is 11.1. The number of carbonyl (C=O) groups excluding carboxylic acids is 1. The van der Waals surface area contributed by atoms with E-state index in [0.29, 0.717) is 6.54 Å². The van der Waals surface area contributed by atoms with Gasteiger partial charge in [0.1, 0.15) is 0 Å². The van der Waals surface area contributed by atoms with Crippen LogP contribution in [0, 0.1) is 5.41 Å². The second-order valence-corrected chi connectivity index (χ2v) is 4.63. The normalized spacial score (nSPS) is 27.5. The van der Waals surface area contributed by atoms with Gasteiger partial charge in [0.15, 0.2) is 0 Å². The lowest BCUT2D eigenvalue weighted by molar-refractivity contribution is -0.142. The van der Waals surface area contributed by atoms with Gasteiger partial charge < -0.3 is 10.6 Å². The van der Waals surface area contributed by atoms with Gasteiger partial charge >= 0.3 is 0 Å². The SMILES string of the molecule is NCC1(C(=O)N2CCC(F)(F)CC2)CC1. The molecule has 1 aliphatic heterocycles. The summed E-state index contributed by atoms with van der Waals surface area (Å²) in [5.74, 6) is -2.60.